The summed E-state index contributed by atoms with van der Waals surface area (Å²) in [5.41, 5.74) is 8.27. The lowest BCUT2D eigenvalue weighted by molar-refractivity contribution is -0.117. The maximum Gasteiger partial charge on any atom is 0.312 e. The van der Waals surface area contributed by atoms with Gasteiger partial charge in [-0.3, -0.25) is 4.79 Å². The molecule has 1 aliphatic rings. The van der Waals surface area contributed by atoms with Crippen LogP contribution in [0.2, 0.25) is 0 Å². The summed E-state index contributed by atoms with van der Waals surface area (Å²) in [5.74, 6) is 0.0111. The zero-order valence-corrected chi connectivity index (χ0v) is 10.6. The molecule has 1 aliphatic heterocycles. The van der Waals surface area contributed by atoms with Gasteiger partial charge in [-0.05, 0) is 37.1 Å². The van der Waals surface area contributed by atoms with Gasteiger partial charge in [0.1, 0.15) is 0 Å². The Morgan fingerprint density at radius 1 is 1.39 bits per heavy atom. The fraction of sp³-hybridized carbons (Fsp3) is 0.385. The molecule has 0 bridgehead atoms. The molecule has 0 aromatic heterocycles. The maximum atomic E-state index is 11.9. The monoisotopic (exact) mass is 247 g/mol. The van der Waals surface area contributed by atoms with Gasteiger partial charge in [0.2, 0.25) is 5.91 Å². The van der Waals surface area contributed by atoms with E-state index in [4.69, 9.17) is 5.73 Å². The Balaban J connectivity index is 2.16. The highest BCUT2D eigenvalue weighted by molar-refractivity contribution is 5.96. The van der Waals surface area contributed by atoms with Crippen molar-refractivity contribution in [3.8, 4) is 0 Å². The van der Waals surface area contributed by atoms with Crippen LogP contribution in [-0.2, 0) is 4.79 Å². The average Bonchev–Trinajstić information content (AvgIpc) is 2.62. The van der Waals surface area contributed by atoms with Gasteiger partial charge in [-0.25, -0.2) is 4.79 Å². The molecule has 1 saturated heterocycles. The Labute approximate surface area is 106 Å². The molecular formula is C13H17N3O2. The number of carbonyl (C=O) groups excluding carboxylic acids is 2. The first-order valence-corrected chi connectivity index (χ1v) is 5.91. The second-order valence-corrected chi connectivity index (χ2v) is 4.68. The van der Waals surface area contributed by atoms with Crippen LogP contribution in [-0.4, -0.2) is 24.5 Å². The minimum atomic E-state index is -0.588. The van der Waals surface area contributed by atoms with Gasteiger partial charge >= 0.3 is 6.03 Å². The van der Waals surface area contributed by atoms with Crippen LogP contribution >= 0.6 is 0 Å². The number of nitrogens with zero attached hydrogens (tertiary/aromatic N) is 1. The first-order chi connectivity index (χ1) is 8.47. The average molecular weight is 247 g/mol. The number of aryl methyl sites for hydroxylation is 2. The summed E-state index contributed by atoms with van der Waals surface area (Å²) in [6, 6.07) is 5.12. The Kier molecular flexibility index (Phi) is 3.23. The van der Waals surface area contributed by atoms with E-state index in [0.717, 1.165) is 11.3 Å². The van der Waals surface area contributed by atoms with Crippen LogP contribution in [0.25, 0.3) is 0 Å². The van der Waals surface area contributed by atoms with Gasteiger partial charge in [0, 0.05) is 18.7 Å². The van der Waals surface area contributed by atoms with Crippen molar-refractivity contribution >= 4 is 17.6 Å². The van der Waals surface area contributed by atoms with Crippen molar-refractivity contribution in [2.75, 3.05) is 11.4 Å². The number of hydrogen-bond donors (Lipinski definition) is 2. The predicted octanol–water partition coefficient (Wildman–Crippen LogP) is 1.08. The summed E-state index contributed by atoms with van der Waals surface area (Å²) in [5, 5.41) is 2.57. The van der Waals surface area contributed by atoms with Crippen LogP contribution in [0.3, 0.4) is 0 Å². The van der Waals surface area contributed by atoms with Crippen LogP contribution < -0.4 is 16.0 Å². The van der Waals surface area contributed by atoms with Gasteiger partial charge in [-0.15, -0.1) is 0 Å². The second-order valence-electron chi connectivity index (χ2n) is 4.68. The summed E-state index contributed by atoms with van der Waals surface area (Å²) in [6.45, 7) is 4.52. The first-order valence-electron chi connectivity index (χ1n) is 5.91. The van der Waals surface area contributed by atoms with Crippen molar-refractivity contribution in [2.45, 2.75) is 26.3 Å². The number of nitrogens with two attached hydrogens (primary N) is 1. The number of anilines is 1. The van der Waals surface area contributed by atoms with Gasteiger partial charge in [0.25, 0.3) is 0 Å². The normalized spacial score (nSPS) is 19.1. The number of urea groups is 1. The summed E-state index contributed by atoms with van der Waals surface area (Å²) >= 11 is 0. The van der Waals surface area contributed by atoms with Crippen molar-refractivity contribution in [3.63, 3.8) is 0 Å². The number of rotatable bonds is 2. The van der Waals surface area contributed by atoms with Gasteiger partial charge in [-0.1, -0.05) is 6.07 Å². The lowest BCUT2D eigenvalue weighted by atomic mass is 10.1. The third kappa shape index (κ3) is 2.45. The highest BCUT2D eigenvalue weighted by Gasteiger charge is 2.31. The lowest BCUT2D eigenvalue weighted by Crippen LogP contribution is -2.40. The predicted molar refractivity (Wildman–Crippen MR) is 69.4 cm³/mol. The molecule has 2 rings (SSSR count). The Morgan fingerprint density at radius 2 is 2.11 bits per heavy atom. The molecule has 96 valence electrons. The Hall–Kier alpha value is -2.04. The van der Waals surface area contributed by atoms with Gasteiger partial charge in [0.05, 0.1) is 6.04 Å². The molecule has 0 unspecified atom stereocenters. The molecule has 0 spiro atoms. The zero-order valence-electron chi connectivity index (χ0n) is 10.6. The molecule has 3 N–H and O–H groups in total. The van der Waals surface area contributed by atoms with E-state index >= 15 is 0 Å². The lowest BCUT2D eigenvalue weighted by Gasteiger charge is -2.18. The fourth-order valence-corrected chi connectivity index (χ4v) is 2.15. The topological polar surface area (TPSA) is 75.4 Å². The van der Waals surface area contributed by atoms with Crippen LogP contribution in [0.15, 0.2) is 18.2 Å². The smallest absolute Gasteiger partial charge is 0.312 e. The molecule has 5 nitrogen and oxygen atoms in total. The molecule has 0 saturated carbocycles. The number of hydrogen-bond acceptors (Lipinski definition) is 2. The standard InChI is InChI=1S/C13H17N3O2/c1-8-3-4-11(5-9(8)2)16-7-10(6-12(16)17)15-13(14)18/h3-5,10H,6-7H2,1-2H3,(H3,14,15,18)/t10-/m0/s1. The molecule has 1 aromatic carbocycles. The zero-order chi connectivity index (χ0) is 13.3. The van der Waals surface area contributed by atoms with Crippen LogP contribution in [0.5, 0.6) is 0 Å². The van der Waals surface area contributed by atoms with Crippen LogP contribution in [0, 0.1) is 13.8 Å². The molecule has 1 fully saturated rings. The summed E-state index contributed by atoms with van der Waals surface area (Å²) in [6.07, 6.45) is 0.301. The van der Waals surface area contributed by atoms with E-state index in [1.165, 1.54) is 5.56 Å². The van der Waals surface area contributed by atoms with Gasteiger partial charge in [-0.2, -0.15) is 0 Å². The van der Waals surface area contributed by atoms with Crippen molar-refractivity contribution < 1.29 is 9.59 Å². The minimum Gasteiger partial charge on any atom is -0.352 e. The van der Waals surface area contributed by atoms with Gasteiger partial charge < -0.3 is 16.0 Å². The summed E-state index contributed by atoms with van der Waals surface area (Å²) in [7, 11) is 0. The number of nitrogens with one attached hydrogen (secondary N) is 1. The minimum absolute atomic E-state index is 0.0111. The largest absolute Gasteiger partial charge is 0.352 e. The first kappa shape index (κ1) is 12.4. The van der Waals surface area contributed by atoms with Crippen molar-refractivity contribution in [2.24, 2.45) is 5.73 Å². The third-order valence-electron chi connectivity index (χ3n) is 3.27. The molecule has 1 aromatic rings. The molecule has 1 heterocycles. The highest BCUT2D eigenvalue weighted by atomic mass is 16.2. The van der Waals surface area contributed by atoms with Crippen molar-refractivity contribution in [1.29, 1.82) is 0 Å². The molecule has 0 radical (unpaired) electrons. The molecule has 0 aliphatic carbocycles. The molecule has 5 heteroatoms. The number of benzene rings is 1. The van der Waals surface area contributed by atoms with E-state index in [-0.39, 0.29) is 11.9 Å². The Morgan fingerprint density at radius 3 is 2.72 bits per heavy atom. The SMILES string of the molecule is Cc1ccc(N2C[C@@H](NC(N)=O)CC2=O)cc1C. The van der Waals surface area contributed by atoms with E-state index in [1.54, 1.807) is 4.90 Å². The number of carbonyl (C=O) groups is 2. The number of amides is 3. The van der Waals surface area contributed by atoms with E-state index < -0.39 is 6.03 Å². The van der Waals surface area contributed by atoms with E-state index in [0.29, 0.717) is 13.0 Å². The Bertz CT molecular complexity index is 499. The second kappa shape index (κ2) is 4.68. The van der Waals surface area contributed by atoms with Gasteiger partial charge in [0.15, 0.2) is 0 Å². The molecule has 18 heavy (non-hydrogen) atoms. The van der Waals surface area contributed by atoms with Crippen LogP contribution in [0.1, 0.15) is 17.5 Å². The van der Waals surface area contributed by atoms with Crippen molar-refractivity contribution in [3.05, 3.63) is 29.3 Å². The van der Waals surface area contributed by atoms with Crippen LogP contribution in [0.4, 0.5) is 10.5 Å². The highest BCUT2D eigenvalue weighted by Crippen LogP contribution is 2.23. The van der Waals surface area contributed by atoms with E-state index in [9.17, 15) is 9.59 Å². The fourth-order valence-electron chi connectivity index (χ4n) is 2.15. The van der Waals surface area contributed by atoms with Crippen molar-refractivity contribution in [1.82, 2.24) is 5.32 Å². The quantitative estimate of drug-likeness (QED) is 0.820. The molecular weight excluding hydrogens is 230 g/mol. The third-order valence-corrected chi connectivity index (χ3v) is 3.27. The van der Waals surface area contributed by atoms with E-state index in [1.807, 2.05) is 32.0 Å². The number of primary amides is 1. The maximum absolute atomic E-state index is 11.9. The van der Waals surface area contributed by atoms with E-state index in [2.05, 4.69) is 5.32 Å². The molecule has 1 atom stereocenters. The summed E-state index contributed by atoms with van der Waals surface area (Å²) < 4.78 is 0. The summed E-state index contributed by atoms with van der Waals surface area (Å²) in [4.78, 5) is 24.4. The molecule has 3 amide bonds.